The van der Waals surface area contributed by atoms with Gasteiger partial charge in [-0.3, -0.25) is 9.59 Å². The maximum Gasteiger partial charge on any atom is 0.325 e. The first-order valence-electron chi connectivity index (χ1n) is 6.62. The summed E-state index contributed by atoms with van der Waals surface area (Å²) in [4.78, 5) is 25.9. The molecule has 0 atom stereocenters. The van der Waals surface area contributed by atoms with E-state index in [1.807, 2.05) is 12.1 Å². The lowest BCUT2D eigenvalue weighted by Gasteiger charge is -2.14. The molecule has 1 aromatic heterocycles. The lowest BCUT2D eigenvalue weighted by Crippen LogP contribution is -2.30. The topological polar surface area (TPSA) is 65.1 Å². The Labute approximate surface area is 131 Å². The van der Waals surface area contributed by atoms with Gasteiger partial charge in [-0.05, 0) is 6.07 Å². The third-order valence-electron chi connectivity index (χ3n) is 3.68. The molecule has 1 amide bonds. The van der Waals surface area contributed by atoms with Crippen molar-refractivity contribution < 1.29 is 23.8 Å². The third kappa shape index (κ3) is 2.18. The van der Waals surface area contributed by atoms with Crippen molar-refractivity contribution in [3.05, 3.63) is 22.6 Å². The van der Waals surface area contributed by atoms with E-state index in [1.165, 1.54) is 23.3 Å². The Kier molecular flexibility index (Phi) is 3.66. The minimum atomic E-state index is -0.424. The average molecular weight is 321 g/mol. The fraction of sp³-hybridized carbons (Fsp3) is 0.333. The number of esters is 1. The number of carbonyl (C=O) groups is 2. The number of rotatable bonds is 4. The van der Waals surface area contributed by atoms with Crippen LogP contribution in [-0.4, -0.2) is 44.7 Å². The Morgan fingerprint density at radius 2 is 1.91 bits per heavy atom. The van der Waals surface area contributed by atoms with Crippen molar-refractivity contribution >= 4 is 33.3 Å². The van der Waals surface area contributed by atoms with Gasteiger partial charge in [0.1, 0.15) is 6.54 Å². The van der Waals surface area contributed by atoms with Gasteiger partial charge in [-0.2, -0.15) is 0 Å². The van der Waals surface area contributed by atoms with Crippen LogP contribution in [0.25, 0.3) is 10.1 Å². The summed E-state index contributed by atoms with van der Waals surface area (Å²) in [5, 5.41) is 0.957. The van der Waals surface area contributed by atoms with Crippen molar-refractivity contribution in [2.24, 2.45) is 0 Å². The molecule has 0 N–H and O–H groups in total. The molecule has 7 heteroatoms. The number of carbonyl (C=O) groups excluding carboxylic acids is 2. The lowest BCUT2D eigenvalue weighted by molar-refractivity contribution is -0.141. The van der Waals surface area contributed by atoms with Crippen LogP contribution in [0.4, 0.5) is 0 Å². The minimum absolute atomic E-state index is 0.0362. The summed E-state index contributed by atoms with van der Waals surface area (Å²) >= 11 is 1.40. The van der Waals surface area contributed by atoms with Gasteiger partial charge in [0.25, 0.3) is 5.91 Å². The van der Waals surface area contributed by atoms with E-state index in [1.54, 1.807) is 14.2 Å². The number of amides is 1. The van der Waals surface area contributed by atoms with Crippen LogP contribution in [-0.2, 0) is 16.1 Å². The molecule has 0 saturated heterocycles. The molecule has 1 aromatic carbocycles. The van der Waals surface area contributed by atoms with E-state index in [9.17, 15) is 9.59 Å². The molecule has 0 unspecified atom stereocenters. The van der Waals surface area contributed by atoms with Crippen LogP contribution in [0.5, 0.6) is 11.5 Å². The van der Waals surface area contributed by atoms with E-state index >= 15 is 0 Å². The van der Waals surface area contributed by atoms with E-state index in [0.29, 0.717) is 22.9 Å². The number of methoxy groups -OCH3 is 3. The molecule has 1 aliphatic rings. The predicted molar refractivity (Wildman–Crippen MR) is 81.7 cm³/mol. The third-order valence-corrected chi connectivity index (χ3v) is 4.86. The number of hydrogen-bond acceptors (Lipinski definition) is 6. The summed E-state index contributed by atoms with van der Waals surface area (Å²) in [5.74, 6) is 0.690. The molecule has 0 radical (unpaired) electrons. The largest absolute Gasteiger partial charge is 0.493 e. The number of fused-ring (bicyclic) bond motifs is 3. The second-order valence-corrected chi connectivity index (χ2v) is 5.90. The van der Waals surface area contributed by atoms with Crippen LogP contribution in [0.2, 0.25) is 0 Å². The quantitative estimate of drug-likeness (QED) is 0.806. The predicted octanol–water partition coefficient (Wildman–Crippen LogP) is 2.05. The van der Waals surface area contributed by atoms with Crippen LogP contribution in [0.15, 0.2) is 12.1 Å². The van der Waals surface area contributed by atoms with E-state index in [0.717, 1.165) is 15.6 Å². The van der Waals surface area contributed by atoms with Gasteiger partial charge in [0.05, 0.1) is 26.2 Å². The van der Waals surface area contributed by atoms with Crippen LogP contribution in [0.1, 0.15) is 15.2 Å². The molecule has 2 aromatic rings. The van der Waals surface area contributed by atoms with Crippen molar-refractivity contribution in [1.29, 1.82) is 0 Å². The zero-order valence-corrected chi connectivity index (χ0v) is 13.3. The molecule has 0 saturated carbocycles. The van der Waals surface area contributed by atoms with Gasteiger partial charge in [0.2, 0.25) is 0 Å². The molecule has 0 fully saturated rings. The Morgan fingerprint density at radius 1 is 1.23 bits per heavy atom. The monoisotopic (exact) mass is 321 g/mol. The van der Waals surface area contributed by atoms with Crippen LogP contribution >= 0.6 is 11.3 Å². The highest BCUT2D eigenvalue weighted by Crippen LogP contribution is 2.42. The number of hydrogen-bond donors (Lipinski definition) is 0. The van der Waals surface area contributed by atoms with Crippen molar-refractivity contribution in [3.8, 4) is 11.5 Å². The van der Waals surface area contributed by atoms with Crippen LogP contribution in [0, 0.1) is 0 Å². The first-order chi connectivity index (χ1) is 10.6. The summed E-state index contributed by atoms with van der Waals surface area (Å²) < 4.78 is 16.2. The van der Waals surface area contributed by atoms with Crippen molar-refractivity contribution in [3.63, 3.8) is 0 Å². The Balaban J connectivity index is 2.02. The number of ether oxygens (including phenoxy) is 3. The SMILES string of the molecule is COC(=O)CN1Cc2c(sc3cc(OC)c(OC)cc23)C1=O. The highest BCUT2D eigenvalue weighted by molar-refractivity contribution is 7.21. The second-order valence-electron chi connectivity index (χ2n) is 4.85. The van der Waals surface area contributed by atoms with Gasteiger partial charge in [-0.15, -0.1) is 11.3 Å². The number of nitrogens with zero attached hydrogens (tertiary/aromatic N) is 1. The van der Waals surface area contributed by atoms with Crippen LogP contribution in [0.3, 0.4) is 0 Å². The van der Waals surface area contributed by atoms with Crippen molar-refractivity contribution in [1.82, 2.24) is 4.90 Å². The fourth-order valence-electron chi connectivity index (χ4n) is 2.56. The van der Waals surface area contributed by atoms with E-state index in [-0.39, 0.29) is 12.5 Å². The van der Waals surface area contributed by atoms with Gasteiger partial charge >= 0.3 is 5.97 Å². The average Bonchev–Trinajstić information content (AvgIpc) is 3.03. The molecular weight excluding hydrogens is 306 g/mol. The minimum Gasteiger partial charge on any atom is -0.493 e. The molecule has 2 heterocycles. The van der Waals surface area contributed by atoms with Gasteiger partial charge < -0.3 is 19.1 Å². The Hall–Kier alpha value is -2.28. The van der Waals surface area contributed by atoms with Gasteiger partial charge in [0.15, 0.2) is 11.5 Å². The molecule has 0 bridgehead atoms. The van der Waals surface area contributed by atoms with Crippen molar-refractivity contribution in [2.45, 2.75) is 6.54 Å². The zero-order valence-electron chi connectivity index (χ0n) is 12.5. The normalized spacial score (nSPS) is 13.4. The van der Waals surface area contributed by atoms with E-state index < -0.39 is 5.97 Å². The highest BCUT2D eigenvalue weighted by atomic mass is 32.1. The van der Waals surface area contributed by atoms with Crippen molar-refractivity contribution in [2.75, 3.05) is 27.9 Å². The lowest BCUT2D eigenvalue weighted by atomic mass is 10.1. The molecule has 116 valence electrons. The molecule has 22 heavy (non-hydrogen) atoms. The maximum atomic E-state index is 12.4. The molecule has 1 aliphatic heterocycles. The number of thiophene rings is 1. The van der Waals surface area contributed by atoms with E-state index in [2.05, 4.69) is 4.74 Å². The Morgan fingerprint density at radius 3 is 2.55 bits per heavy atom. The summed E-state index contributed by atoms with van der Waals surface area (Å²) in [6.45, 7) is 0.365. The molecule has 0 aliphatic carbocycles. The second kappa shape index (κ2) is 5.49. The maximum absolute atomic E-state index is 12.4. The summed E-state index contributed by atoms with van der Waals surface area (Å²) in [5.41, 5.74) is 0.926. The smallest absolute Gasteiger partial charge is 0.325 e. The summed E-state index contributed by atoms with van der Waals surface area (Å²) in [6.07, 6.45) is 0. The van der Waals surface area contributed by atoms with Crippen LogP contribution < -0.4 is 9.47 Å². The first-order valence-corrected chi connectivity index (χ1v) is 7.44. The van der Waals surface area contributed by atoms with E-state index in [4.69, 9.17) is 9.47 Å². The molecule has 0 spiro atoms. The first kappa shape index (κ1) is 14.6. The highest BCUT2D eigenvalue weighted by Gasteiger charge is 2.33. The molecule has 6 nitrogen and oxygen atoms in total. The van der Waals surface area contributed by atoms with Gasteiger partial charge in [0, 0.05) is 28.3 Å². The number of benzene rings is 1. The zero-order chi connectivity index (χ0) is 15.9. The molecule has 3 rings (SSSR count). The summed E-state index contributed by atoms with van der Waals surface area (Å²) in [6, 6.07) is 3.74. The van der Waals surface area contributed by atoms with Gasteiger partial charge in [-0.25, -0.2) is 0 Å². The molecular formula is C15H15NO5S. The summed E-state index contributed by atoms with van der Waals surface area (Å²) in [7, 11) is 4.46. The van der Waals surface area contributed by atoms with Gasteiger partial charge in [-0.1, -0.05) is 0 Å². The Bertz CT molecular complexity index is 767. The standard InChI is InChI=1S/C15H15NO5S/c1-19-10-4-8-9-6-16(7-13(17)21-3)15(18)14(9)22-12(8)5-11(10)20-2/h4-5H,6-7H2,1-3H3. The fourth-order valence-corrected chi connectivity index (χ4v) is 3.75.